The van der Waals surface area contributed by atoms with E-state index >= 15 is 0 Å². The summed E-state index contributed by atoms with van der Waals surface area (Å²) in [5, 5.41) is 2.99. The molecule has 1 aromatic rings. The lowest BCUT2D eigenvalue weighted by atomic mass is 10.2. The van der Waals surface area contributed by atoms with Crippen LogP contribution in [0.1, 0.15) is 18.4 Å². The first kappa shape index (κ1) is 15.6. The van der Waals surface area contributed by atoms with E-state index in [0.29, 0.717) is 19.7 Å². The predicted octanol–water partition coefficient (Wildman–Crippen LogP) is 3.68. The van der Waals surface area contributed by atoms with E-state index in [4.69, 9.17) is 4.74 Å². The molecule has 0 bridgehead atoms. The zero-order chi connectivity index (χ0) is 14.1. The number of para-hydroxylation sites is 1. The third-order valence-corrected chi connectivity index (χ3v) is 2.46. The van der Waals surface area contributed by atoms with Crippen LogP contribution in [0.4, 0.5) is 13.2 Å². The summed E-state index contributed by atoms with van der Waals surface area (Å²) in [6.07, 6.45) is -3.10. The second-order valence-corrected chi connectivity index (χ2v) is 4.10. The number of ether oxygens (including phenoxy) is 1. The van der Waals surface area contributed by atoms with Gasteiger partial charge in [-0.3, -0.25) is 0 Å². The lowest BCUT2D eigenvalue weighted by molar-refractivity contribution is -0.135. The van der Waals surface area contributed by atoms with Gasteiger partial charge in [-0.2, -0.15) is 13.2 Å². The fourth-order valence-electron chi connectivity index (χ4n) is 1.58. The van der Waals surface area contributed by atoms with Crippen LogP contribution < -0.4 is 10.1 Å². The van der Waals surface area contributed by atoms with Crippen LogP contribution in [0.25, 0.3) is 0 Å². The molecule has 2 nitrogen and oxygen atoms in total. The minimum Gasteiger partial charge on any atom is -0.489 e. The van der Waals surface area contributed by atoms with Crippen LogP contribution in [-0.4, -0.2) is 19.3 Å². The van der Waals surface area contributed by atoms with Crippen molar-refractivity contribution in [3.63, 3.8) is 0 Å². The Hall–Kier alpha value is -1.49. The van der Waals surface area contributed by atoms with Gasteiger partial charge in [0.05, 0.1) is 0 Å². The average Bonchev–Trinajstić information content (AvgIpc) is 2.36. The van der Waals surface area contributed by atoms with Gasteiger partial charge in [0, 0.05) is 18.5 Å². The van der Waals surface area contributed by atoms with Crippen LogP contribution in [-0.2, 0) is 6.54 Å². The van der Waals surface area contributed by atoms with E-state index in [-0.39, 0.29) is 6.42 Å². The molecular formula is C14H18F3NO. The van der Waals surface area contributed by atoms with Crippen LogP contribution in [0.15, 0.2) is 36.9 Å². The van der Waals surface area contributed by atoms with Gasteiger partial charge in [-0.15, -0.1) is 0 Å². The second-order valence-electron chi connectivity index (χ2n) is 4.10. The molecule has 0 amide bonds. The van der Waals surface area contributed by atoms with E-state index in [9.17, 15) is 13.2 Å². The average molecular weight is 273 g/mol. The molecule has 0 saturated carbocycles. The predicted molar refractivity (Wildman–Crippen MR) is 69.1 cm³/mol. The second kappa shape index (κ2) is 7.84. The topological polar surface area (TPSA) is 21.3 Å². The number of halogens is 3. The molecule has 0 heterocycles. The third kappa shape index (κ3) is 6.86. The molecule has 1 aromatic carbocycles. The Balaban J connectivity index is 2.34. The van der Waals surface area contributed by atoms with Crippen LogP contribution in [0.5, 0.6) is 5.75 Å². The SMILES string of the molecule is C=CCOc1ccccc1CNCCCC(F)(F)F. The fraction of sp³-hybridized carbons (Fsp3) is 0.429. The molecule has 0 aliphatic heterocycles. The first-order chi connectivity index (χ1) is 9.03. The molecule has 1 rings (SSSR count). The van der Waals surface area contributed by atoms with E-state index < -0.39 is 12.6 Å². The Labute approximate surface area is 111 Å². The highest BCUT2D eigenvalue weighted by Gasteiger charge is 2.25. The van der Waals surface area contributed by atoms with Gasteiger partial charge in [0.2, 0.25) is 0 Å². The molecular weight excluding hydrogens is 255 g/mol. The van der Waals surface area contributed by atoms with E-state index in [1.54, 1.807) is 6.08 Å². The number of nitrogens with one attached hydrogen (secondary N) is 1. The summed E-state index contributed by atoms with van der Waals surface area (Å²) in [5.74, 6) is 0.728. The van der Waals surface area contributed by atoms with E-state index in [0.717, 1.165) is 11.3 Å². The molecule has 0 atom stereocenters. The van der Waals surface area contributed by atoms with Gasteiger partial charge >= 0.3 is 6.18 Å². The van der Waals surface area contributed by atoms with Gasteiger partial charge in [0.25, 0.3) is 0 Å². The molecule has 0 aliphatic carbocycles. The van der Waals surface area contributed by atoms with Crippen LogP contribution in [0.3, 0.4) is 0 Å². The number of hydrogen-bond donors (Lipinski definition) is 1. The molecule has 0 aromatic heterocycles. The normalized spacial score (nSPS) is 11.3. The number of rotatable bonds is 8. The number of benzene rings is 1. The Kier molecular flexibility index (Phi) is 6.42. The number of alkyl halides is 3. The zero-order valence-corrected chi connectivity index (χ0v) is 10.7. The smallest absolute Gasteiger partial charge is 0.389 e. The molecule has 5 heteroatoms. The summed E-state index contributed by atoms with van der Waals surface area (Å²) >= 11 is 0. The Bertz CT molecular complexity index is 391. The third-order valence-electron chi connectivity index (χ3n) is 2.46. The van der Waals surface area contributed by atoms with Crippen molar-refractivity contribution in [2.24, 2.45) is 0 Å². The maximum absolute atomic E-state index is 12.0. The molecule has 0 fully saturated rings. The largest absolute Gasteiger partial charge is 0.489 e. The monoisotopic (exact) mass is 273 g/mol. The van der Waals surface area contributed by atoms with Gasteiger partial charge in [-0.05, 0) is 19.0 Å². The van der Waals surface area contributed by atoms with Gasteiger partial charge in [0.15, 0.2) is 0 Å². The molecule has 19 heavy (non-hydrogen) atoms. The molecule has 0 saturated heterocycles. The fourth-order valence-corrected chi connectivity index (χ4v) is 1.58. The molecule has 0 unspecified atom stereocenters. The summed E-state index contributed by atoms with van der Waals surface area (Å²) < 4.78 is 41.3. The van der Waals surface area contributed by atoms with E-state index in [1.165, 1.54) is 0 Å². The number of hydrogen-bond acceptors (Lipinski definition) is 2. The van der Waals surface area contributed by atoms with Crippen LogP contribution >= 0.6 is 0 Å². The standard InChI is InChI=1S/C14H18F3NO/c1-2-10-19-13-7-4-3-6-12(13)11-18-9-5-8-14(15,16)17/h2-4,6-7,18H,1,5,8-11H2. The maximum Gasteiger partial charge on any atom is 0.389 e. The van der Waals surface area contributed by atoms with Crippen molar-refractivity contribution in [1.82, 2.24) is 5.32 Å². The Morgan fingerprint density at radius 1 is 1.26 bits per heavy atom. The Morgan fingerprint density at radius 2 is 2.00 bits per heavy atom. The molecule has 1 N–H and O–H groups in total. The van der Waals surface area contributed by atoms with E-state index in [1.807, 2.05) is 24.3 Å². The van der Waals surface area contributed by atoms with Gasteiger partial charge in [-0.1, -0.05) is 30.9 Å². The Morgan fingerprint density at radius 3 is 2.68 bits per heavy atom. The first-order valence-electron chi connectivity index (χ1n) is 6.12. The maximum atomic E-state index is 12.0. The molecule has 106 valence electrons. The lowest BCUT2D eigenvalue weighted by Gasteiger charge is -2.11. The quantitative estimate of drug-likeness (QED) is 0.576. The first-order valence-corrected chi connectivity index (χ1v) is 6.12. The van der Waals surface area contributed by atoms with Gasteiger partial charge in [0.1, 0.15) is 12.4 Å². The van der Waals surface area contributed by atoms with Crippen molar-refractivity contribution in [2.75, 3.05) is 13.2 Å². The molecule has 0 spiro atoms. The van der Waals surface area contributed by atoms with Crippen molar-refractivity contribution in [3.05, 3.63) is 42.5 Å². The minimum atomic E-state index is -4.08. The lowest BCUT2D eigenvalue weighted by Crippen LogP contribution is -2.18. The van der Waals surface area contributed by atoms with E-state index in [2.05, 4.69) is 11.9 Å². The molecule has 0 radical (unpaired) electrons. The van der Waals surface area contributed by atoms with Crippen LogP contribution in [0.2, 0.25) is 0 Å². The summed E-state index contributed by atoms with van der Waals surface area (Å²) in [4.78, 5) is 0. The van der Waals surface area contributed by atoms with Crippen molar-refractivity contribution >= 4 is 0 Å². The highest BCUT2D eigenvalue weighted by atomic mass is 19.4. The van der Waals surface area contributed by atoms with Crippen molar-refractivity contribution < 1.29 is 17.9 Å². The highest BCUT2D eigenvalue weighted by molar-refractivity contribution is 5.33. The van der Waals surface area contributed by atoms with Gasteiger partial charge < -0.3 is 10.1 Å². The summed E-state index contributed by atoms with van der Waals surface area (Å²) in [7, 11) is 0. The minimum absolute atomic E-state index is 0.0825. The zero-order valence-electron chi connectivity index (χ0n) is 10.7. The summed E-state index contributed by atoms with van der Waals surface area (Å²) in [6.45, 7) is 4.80. The summed E-state index contributed by atoms with van der Waals surface area (Å²) in [6, 6.07) is 7.43. The van der Waals surface area contributed by atoms with Crippen molar-refractivity contribution in [2.45, 2.75) is 25.6 Å². The highest BCUT2D eigenvalue weighted by Crippen LogP contribution is 2.21. The molecule has 0 aliphatic rings. The van der Waals surface area contributed by atoms with Crippen molar-refractivity contribution in [1.29, 1.82) is 0 Å². The van der Waals surface area contributed by atoms with Gasteiger partial charge in [-0.25, -0.2) is 0 Å². The summed E-state index contributed by atoms with van der Waals surface area (Å²) in [5.41, 5.74) is 0.927. The van der Waals surface area contributed by atoms with Crippen molar-refractivity contribution in [3.8, 4) is 5.75 Å². The van der Waals surface area contributed by atoms with Crippen LogP contribution in [0, 0.1) is 0 Å².